The Morgan fingerprint density at radius 2 is 1.93 bits per heavy atom. The molecule has 0 spiro atoms. The Hall–Kier alpha value is -0.580. The Bertz CT molecular complexity index is 448. The van der Waals surface area contributed by atoms with Gasteiger partial charge in [-0.15, -0.1) is 0 Å². The molecular formula is C11H7BrOS2. The van der Waals surface area contributed by atoms with Crippen LogP contribution in [-0.2, 0) is 0 Å². The molecule has 76 valence electrons. The third kappa shape index (κ3) is 2.93. The average Bonchev–Trinajstić information content (AvgIpc) is 2.74. The predicted molar refractivity (Wildman–Crippen MR) is 70.4 cm³/mol. The van der Waals surface area contributed by atoms with Crippen LogP contribution in [0.5, 0.6) is 0 Å². The number of hydrogen-bond donors (Lipinski definition) is 0. The molecule has 1 aromatic heterocycles. The SMILES string of the molecule is S=C(Sc1ccc(Br)cc1)c1ccco1. The molecule has 0 fully saturated rings. The van der Waals surface area contributed by atoms with Crippen LogP contribution in [0.3, 0.4) is 0 Å². The number of thioether (sulfide) groups is 1. The fraction of sp³-hybridized carbons (Fsp3) is 0. The maximum atomic E-state index is 5.25. The van der Waals surface area contributed by atoms with E-state index in [4.69, 9.17) is 16.6 Å². The van der Waals surface area contributed by atoms with E-state index in [1.807, 2.05) is 36.4 Å². The monoisotopic (exact) mass is 298 g/mol. The van der Waals surface area contributed by atoms with Crippen LogP contribution in [0.15, 0.2) is 56.4 Å². The molecule has 0 saturated carbocycles. The van der Waals surface area contributed by atoms with Crippen molar-refractivity contribution in [2.75, 3.05) is 0 Å². The molecular weight excluding hydrogens is 292 g/mol. The van der Waals surface area contributed by atoms with E-state index in [1.165, 1.54) is 11.8 Å². The van der Waals surface area contributed by atoms with E-state index < -0.39 is 0 Å². The van der Waals surface area contributed by atoms with Gasteiger partial charge in [0, 0.05) is 9.37 Å². The summed E-state index contributed by atoms with van der Waals surface area (Å²) in [5, 5.41) is 0. The highest BCUT2D eigenvalue weighted by Gasteiger charge is 2.05. The molecule has 0 radical (unpaired) electrons. The number of furan rings is 1. The average molecular weight is 299 g/mol. The predicted octanol–water partition coefficient (Wildman–Crippen LogP) is 4.51. The Morgan fingerprint density at radius 1 is 1.20 bits per heavy atom. The fourth-order valence-corrected chi connectivity index (χ4v) is 2.43. The highest BCUT2D eigenvalue weighted by atomic mass is 79.9. The van der Waals surface area contributed by atoms with Crippen molar-refractivity contribution < 1.29 is 4.42 Å². The Morgan fingerprint density at radius 3 is 2.53 bits per heavy atom. The van der Waals surface area contributed by atoms with Crippen LogP contribution in [0.2, 0.25) is 0 Å². The standard InChI is InChI=1S/C11H7BrOS2/c12-8-3-5-9(6-4-8)15-11(14)10-2-1-7-13-10/h1-7H. The topological polar surface area (TPSA) is 13.1 Å². The number of hydrogen-bond acceptors (Lipinski definition) is 3. The molecule has 0 bridgehead atoms. The summed E-state index contributed by atoms with van der Waals surface area (Å²) in [5.74, 6) is 0.748. The molecule has 0 N–H and O–H groups in total. The molecule has 1 nitrogen and oxygen atoms in total. The molecule has 0 saturated heterocycles. The van der Waals surface area contributed by atoms with Gasteiger partial charge < -0.3 is 4.42 Å². The van der Waals surface area contributed by atoms with Crippen molar-refractivity contribution in [1.29, 1.82) is 0 Å². The molecule has 1 heterocycles. The van der Waals surface area contributed by atoms with Crippen molar-refractivity contribution in [2.24, 2.45) is 0 Å². The molecule has 0 amide bonds. The van der Waals surface area contributed by atoms with Crippen LogP contribution >= 0.6 is 39.9 Å². The number of thiocarbonyl (C=S) groups is 1. The van der Waals surface area contributed by atoms with E-state index in [-0.39, 0.29) is 0 Å². The summed E-state index contributed by atoms with van der Waals surface area (Å²) in [6.45, 7) is 0. The van der Waals surface area contributed by atoms with Gasteiger partial charge >= 0.3 is 0 Å². The molecule has 0 atom stereocenters. The molecule has 0 aliphatic rings. The maximum absolute atomic E-state index is 5.25. The first-order valence-corrected chi connectivity index (χ1v) is 6.29. The number of benzene rings is 1. The van der Waals surface area contributed by atoms with Gasteiger partial charge in [-0.25, -0.2) is 0 Å². The minimum absolute atomic E-state index is 0.748. The van der Waals surface area contributed by atoms with Crippen LogP contribution in [0.4, 0.5) is 0 Å². The second kappa shape index (κ2) is 4.96. The van der Waals surface area contributed by atoms with E-state index in [0.29, 0.717) is 0 Å². The molecule has 0 aliphatic carbocycles. The van der Waals surface area contributed by atoms with Crippen LogP contribution < -0.4 is 0 Å². The zero-order chi connectivity index (χ0) is 10.7. The van der Waals surface area contributed by atoms with Gasteiger partial charge in [0.05, 0.1) is 6.26 Å². The van der Waals surface area contributed by atoms with Crippen LogP contribution in [0, 0.1) is 0 Å². The summed E-state index contributed by atoms with van der Waals surface area (Å²) < 4.78 is 7.04. The lowest BCUT2D eigenvalue weighted by molar-refractivity contribution is 0.561. The van der Waals surface area contributed by atoms with Crippen molar-refractivity contribution in [3.63, 3.8) is 0 Å². The first-order valence-electron chi connectivity index (χ1n) is 4.27. The molecule has 4 heteroatoms. The second-order valence-electron chi connectivity index (χ2n) is 2.82. The van der Waals surface area contributed by atoms with Gasteiger partial charge in [0.1, 0.15) is 4.20 Å². The molecule has 1 aromatic carbocycles. The van der Waals surface area contributed by atoms with Crippen molar-refractivity contribution >= 4 is 44.1 Å². The van der Waals surface area contributed by atoms with Gasteiger partial charge in [-0.2, -0.15) is 0 Å². The highest BCUT2D eigenvalue weighted by Crippen LogP contribution is 2.25. The normalized spacial score (nSPS) is 10.2. The van der Waals surface area contributed by atoms with Gasteiger partial charge in [-0.05, 0) is 36.4 Å². The van der Waals surface area contributed by atoms with Gasteiger partial charge in [-0.3, -0.25) is 0 Å². The summed E-state index contributed by atoms with van der Waals surface area (Å²) in [6, 6.07) is 11.7. The summed E-state index contributed by atoms with van der Waals surface area (Å²) in [5.41, 5.74) is 0. The van der Waals surface area contributed by atoms with E-state index in [2.05, 4.69) is 15.9 Å². The van der Waals surface area contributed by atoms with E-state index in [0.717, 1.165) is 19.3 Å². The summed E-state index contributed by atoms with van der Waals surface area (Å²) >= 11 is 10.2. The highest BCUT2D eigenvalue weighted by molar-refractivity contribution is 9.10. The van der Waals surface area contributed by atoms with Gasteiger partial charge in [-0.1, -0.05) is 39.9 Å². The number of rotatable bonds is 2. The Labute approximate surface area is 106 Å². The van der Waals surface area contributed by atoms with Crippen LogP contribution in [0.25, 0.3) is 0 Å². The Balaban J connectivity index is 2.09. The van der Waals surface area contributed by atoms with Crippen molar-refractivity contribution in [1.82, 2.24) is 0 Å². The smallest absolute Gasteiger partial charge is 0.151 e. The zero-order valence-electron chi connectivity index (χ0n) is 7.64. The first kappa shape index (κ1) is 10.9. The van der Waals surface area contributed by atoms with E-state index in [1.54, 1.807) is 6.26 Å². The summed E-state index contributed by atoms with van der Waals surface area (Å²) in [6.07, 6.45) is 1.63. The van der Waals surface area contributed by atoms with Crippen LogP contribution in [-0.4, -0.2) is 4.20 Å². The second-order valence-corrected chi connectivity index (χ2v) is 5.49. The first-order chi connectivity index (χ1) is 7.25. The van der Waals surface area contributed by atoms with Gasteiger partial charge in [0.2, 0.25) is 0 Å². The molecule has 2 aromatic rings. The van der Waals surface area contributed by atoms with Gasteiger partial charge in [0.25, 0.3) is 0 Å². The molecule has 0 unspecified atom stereocenters. The molecule has 2 rings (SSSR count). The largest absolute Gasteiger partial charge is 0.463 e. The van der Waals surface area contributed by atoms with E-state index >= 15 is 0 Å². The lowest BCUT2D eigenvalue weighted by Gasteiger charge is -2.00. The maximum Gasteiger partial charge on any atom is 0.151 e. The minimum Gasteiger partial charge on any atom is -0.463 e. The summed E-state index contributed by atoms with van der Waals surface area (Å²) in [4.78, 5) is 1.11. The zero-order valence-corrected chi connectivity index (χ0v) is 10.9. The quantitative estimate of drug-likeness (QED) is 0.598. The fourth-order valence-electron chi connectivity index (χ4n) is 1.05. The Kier molecular flexibility index (Phi) is 3.61. The number of halogens is 1. The van der Waals surface area contributed by atoms with Crippen molar-refractivity contribution in [2.45, 2.75) is 4.90 Å². The van der Waals surface area contributed by atoms with Crippen molar-refractivity contribution in [3.8, 4) is 0 Å². The van der Waals surface area contributed by atoms with Crippen LogP contribution in [0.1, 0.15) is 5.76 Å². The molecule has 0 aliphatic heterocycles. The minimum atomic E-state index is 0.748. The molecule has 15 heavy (non-hydrogen) atoms. The lowest BCUT2D eigenvalue weighted by atomic mass is 10.4. The lowest BCUT2D eigenvalue weighted by Crippen LogP contribution is -1.87. The third-order valence-electron chi connectivity index (χ3n) is 1.75. The van der Waals surface area contributed by atoms with Gasteiger partial charge in [0.15, 0.2) is 5.76 Å². The third-order valence-corrected chi connectivity index (χ3v) is 3.62. The van der Waals surface area contributed by atoms with Crippen molar-refractivity contribution in [3.05, 3.63) is 52.9 Å². The van der Waals surface area contributed by atoms with E-state index in [9.17, 15) is 0 Å². The summed E-state index contributed by atoms with van der Waals surface area (Å²) in [7, 11) is 0.